The summed E-state index contributed by atoms with van der Waals surface area (Å²) in [4.78, 5) is 17.8. The van der Waals surface area contributed by atoms with Gasteiger partial charge in [-0.1, -0.05) is 12.1 Å². The number of benzene rings is 1. The van der Waals surface area contributed by atoms with Crippen molar-refractivity contribution in [2.24, 2.45) is 0 Å². The summed E-state index contributed by atoms with van der Waals surface area (Å²) in [5.74, 6) is 2.29. The highest BCUT2D eigenvalue weighted by atomic mass is 32.2. The number of thioether (sulfide) groups is 1. The zero-order valence-corrected chi connectivity index (χ0v) is 20.7. The molecule has 1 amide bonds. The lowest BCUT2D eigenvalue weighted by Gasteiger charge is -2.35. The number of nitrogens with zero attached hydrogens (tertiary/aromatic N) is 3. The second kappa shape index (κ2) is 10.6. The predicted octanol–water partition coefficient (Wildman–Crippen LogP) is 2.84. The number of hydrogen-bond donors (Lipinski definition) is 0. The summed E-state index contributed by atoms with van der Waals surface area (Å²) < 4.78 is 33.2. The maximum absolute atomic E-state index is 13.2. The van der Waals surface area contributed by atoms with Gasteiger partial charge in [0.25, 0.3) is 5.91 Å². The van der Waals surface area contributed by atoms with Gasteiger partial charge in [-0.25, -0.2) is 8.42 Å². The number of carbonyl (C=O) groups excluding carboxylic acids is 1. The molecule has 2 aromatic rings. The second-order valence-corrected chi connectivity index (χ2v) is 11.8. The van der Waals surface area contributed by atoms with Crippen molar-refractivity contribution >= 4 is 39.0 Å². The Hall–Kier alpha value is -1.59. The van der Waals surface area contributed by atoms with Crippen molar-refractivity contribution in [3.8, 4) is 5.75 Å². The van der Waals surface area contributed by atoms with Crippen molar-refractivity contribution in [1.82, 2.24) is 14.1 Å². The van der Waals surface area contributed by atoms with E-state index < -0.39 is 10.0 Å². The fourth-order valence-electron chi connectivity index (χ4n) is 3.95. The molecule has 2 fully saturated rings. The summed E-state index contributed by atoms with van der Waals surface area (Å²) in [6.45, 7) is 7.14. The predicted molar refractivity (Wildman–Crippen MR) is 129 cm³/mol. The molecule has 2 aliphatic rings. The first kappa shape index (κ1) is 23.6. The average molecular weight is 496 g/mol. The van der Waals surface area contributed by atoms with Gasteiger partial charge in [-0.15, -0.1) is 11.3 Å². The first-order chi connectivity index (χ1) is 15.5. The van der Waals surface area contributed by atoms with Crippen LogP contribution in [0.25, 0.3) is 0 Å². The highest BCUT2D eigenvalue weighted by Gasteiger charge is 2.33. The van der Waals surface area contributed by atoms with E-state index in [9.17, 15) is 13.2 Å². The number of amides is 1. The molecule has 10 heteroatoms. The molecule has 0 saturated carbocycles. The Labute approximate surface area is 198 Å². The summed E-state index contributed by atoms with van der Waals surface area (Å²) in [6, 6.07) is 9.70. The zero-order chi connectivity index (χ0) is 22.6. The number of carbonyl (C=O) groups is 1. The van der Waals surface area contributed by atoms with E-state index in [4.69, 9.17) is 4.74 Å². The van der Waals surface area contributed by atoms with Crippen LogP contribution in [0.4, 0.5) is 0 Å². The standard InChI is InChI=1S/C22H29N3O4S3/c1-2-29-19-5-3-18(4-6-19)17-23-8-10-24(11-9-23)22(26)21-20(7-14-31-21)32(27,28)25-12-15-30-16-13-25/h3-7,14H,2,8-13,15-17H2,1H3. The summed E-state index contributed by atoms with van der Waals surface area (Å²) in [6.07, 6.45) is 0. The van der Waals surface area contributed by atoms with E-state index in [1.165, 1.54) is 21.2 Å². The van der Waals surface area contributed by atoms with Gasteiger partial charge >= 0.3 is 0 Å². The van der Waals surface area contributed by atoms with Gasteiger partial charge in [0.2, 0.25) is 10.0 Å². The smallest absolute Gasteiger partial charge is 0.265 e. The van der Waals surface area contributed by atoms with Gasteiger partial charge in [0, 0.05) is 57.3 Å². The van der Waals surface area contributed by atoms with Gasteiger partial charge in [-0.2, -0.15) is 16.1 Å². The van der Waals surface area contributed by atoms with Gasteiger partial charge < -0.3 is 9.64 Å². The quantitative estimate of drug-likeness (QED) is 0.588. The Bertz CT molecular complexity index is 1010. The third kappa shape index (κ3) is 5.31. The molecule has 174 valence electrons. The second-order valence-electron chi connectivity index (χ2n) is 7.78. The van der Waals surface area contributed by atoms with Crippen LogP contribution in [0, 0.1) is 0 Å². The van der Waals surface area contributed by atoms with Gasteiger partial charge in [0.05, 0.1) is 6.61 Å². The Morgan fingerprint density at radius 2 is 1.69 bits per heavy atom. The molecule has 0 aliphatic carbocycles. The highest BCUT2D eigenvalue weighted by molar-refractivity contribution is 7.99. The van der Waals surface area contributed by atoms with Crippen LogP contribution in [-0.4, -0.2) is 85.8 Å². The van der Waals surface area contributed by atoms with Crippen LogP contribution in [0.1, 0.15) is 22.2 Å². The number of thiophene rings is 1. The van der Waals surface area contributed by atoms with Crippen LogP contribution in [-0.2, 0) is 16.6 Å². The van der Waals surface area contributed by atoms with Crippen LogP contribution in [0.3, 0.4) is 0 Å². The summed E-state index contributed by atoms with van der Waals surface area (Å²) in [5.41, 5.74) is 1.21. The topological polar surface area (TPSA) is 70.2 Å². The Balaban J connectivity index is 1.36. The third-order valence-corrected chi connectivity index (χ3v) is 9.63. The summed E-state index contributed by atoms with van der Waals surface area (Å²) in [7, 11) is -3.63. The van der Waals surface area contributed by atoms with Gasteiger partial charge in [-0.3, -0.25) is 9.69 Å². The molecule has 32 heavy (non-hydrogen) atoms. The van der Waals surface area contributed by atoms with Gasteiger partial charge in [-0.05, 0) is 36.1 Å². The first-order valence-corrected chi connectivity index (χ1v) is 14.3. The molecule has 2 aliphatic heterocycles. The normalized spacial score (nSPS) is 18.6. The fourth-order valence-corrected chi connectivity index (χ4v) is 7.89. The monoisotopic (exact) mass is 495 g/mol. The van der Waals surface area contributed by atoms with E-state index in [-0.39, 0.29) is 10.8 Å². The van der Waals surface area contributed by atoms with Crippen molar-refractivity contribution in [2.45, 2.75) is 18.4 Å². The van der Waals surface area contributed by atoms with E-state index >= 15 is 0 Å². The lowest BCUT2D eigenvalue weighted by Crippen LogP contribution is -2.48. The molecule has 0 radical (unpaired) electrons. The molecule has 0 N–H and O–H groups in total. The largest absolute Gasteiger partial charge is 0.494 e. The Morgan fingerprint density at radius 1 is 1.00 bits per heavy atom. The minimum absolute atomic E-state index is 0.163. The lowest BCUT2D eigenvalue weighted by atomic mass is 10.2. The number of rotatable bonds is 7. The SMILES string of the molecule is CCOc1ccc(CN2CCN(C(=O)c3sccc3S(=O)(=O)N3CCSCC3)CC2)cc1. The lowest BCUT2D eigenvalue weighted by molar-refractivity contribution is 0.0629. The molecular weight excluding hydrogens is 466 g/mol. The number of piperazine rings is 1. The zero-order valence-electron chi connectivity index (χ0n) is 18.2. The highest BCUT2D eigenvalue weighted by Crippen LogP contribution is 2.28. The van der Waals surface area contributed by atoms with Crippen molar-refractivity contribution in [2.75, 3.05) is 57.4 Å². The van der Waals surface area contributed by atoms with Crippen molar-refractivity contribution in [3.63, 3.8) is 0 Å². The minimum atomic E-state index is -3.63. The van der Waals surface area contributed by atoms with Crippen LogP contribution in [0.5, 0.6) is 5.75 Å². The third-order valence-electron chi connectivity index (χ3n) is 5.71. The van der Waals surface area contributed by atoms with Crippen LogP contribution < -0.4 is 4.74 Å². The molecule has 0 unspecified atom stereocenters. The van der Waals surface area contributed by atoms with E-state index in [1.54, 1.807) is 28.1 Å². The minimum Gasteiger partial charge on any atom is -0.494 e. The first-order valence-electron chi connectivity index (χ1n) is 10.9. The molecular formula is C22H29N3O4S3. The molecule has 3 heterocycles. The molecule has 0 spiro atoms. The van der Waals surface area contributed by atoms with Crippen molar-refractivity contribution < 1.29 is 17.9 Å². The number of ether oxygens (including phenoxy) is 1. The molecule has 1 aromatic heterocycles. The van der Waals surface area contributed by atoms with Crippen LogP contribution >= 0.6 is 23.1 Å². The van der Waals surface area contributed by atoms with E-state index in [0.717, 1.165) is 36.9 Å². The summed E-state index contributed by atoms with van der Waals surface area (Å²) >= 11 is 2.98. The van der Waals surface area contributed by atoms with Crippen molar-refractivity contribution in [3.05, 3.63) is 46.2 Å². The maximum atomic E-state index is 13.2. The fraction of sp³-hybridized carbons (Fsp3) is 0.500. The Morgan fingerprint density at radius 3 is 2.34 bits per heavy atom. The number of sulfonamides is 1. The molecule has 4 rings (SSSR count). The molecule has 0 bridgehead atoms. The van der Waals surface area contributed by atoms with Crippen LogP contribution in [0.15, 0.2) is 40.6 Å². The molecule has 2 saturated heterocycles. The maximum Gasteiger partial charge on any atom is 0.265 e. The van der Waals surface area contributed by atoms with E-state index in [1.807, 2.05) is 19.1 Å². The average Bonchev–Trinajstić information content (AvgIpc) is 3.32. The summed E-state index contributed by atoms with van der Waals surface area (Å²) in [5, 5.41) is 1.71. The van der Waals surface area contributed by atoms with Crippen LogP contribution in [0.2, 0.25) is 0 Å². The molecule has 1 aromatic carbocycles. The molecule has 0 atom stereocenters. The number of hydrogen-bond acceptors (Lipinski definition) is 7. The molecule has 7 nitrogen and oxygen atoms in total. The van der Waals surface area contributed by atoms with E-state index in [0.29, 0.717) is 37.7 Å². The van der Waals surface area contributed by atoms with Crippen molar-refractivity contribution in [1.29, 1.82) is 0 Å². The Kier molecular flexibility index (Phi) is 7.78. The van der Waals surface area contributed by atoms with Gasteiger partial charge in [0.1, 0.15) is 15.5 Å². The van der Waals surface area contributed by atoms with E-state index in [2.05, 4.69) is 17.0 Å². The van der Waals surface area contributed by atoms with Gasteiger partial charge in [0.15, 0.2) is 0 Å².